The lowest BCUT2D eigenvalue weighted by molar-refractivity contribution is -0.137. The van der Waals surface area contributed by atoms with Crippen molar-refractivity contribution in [1.82, 2.24) is 0 Å². The van der Waals surface area contributed by atoms with Crippen molar-refractivity contribution < 1.29 is 23.8 Å². The second-order valence-electron chi connectivity index (χ2n) is 2.71. The molecule has 0 saturated carbocycles. The van der Waals surface area contributed by atoms with Crippen molar-refractivity contribution in [1.29, 1.82) is 0 Å². The quantitative estimate of drug-likeness (QED) is 0.465. The average molecular weight is 212 g/mol. The number of esters is 1. The summed E-state index contributed by atoms with van der Waals surface area (Å²) in [6, 6.07) is 2.87. The minimum atomic E-state index is -1.14. The molecule has 80 valence electrons. The molecule has 0 aromatic heterocycles. The summed E-state index contributed by atoms with van der Waals surface area (Å²) in [6.07, 6.45) is 0. The monoisotopic (exact) mass is 212 g/mol. The van der Waals surface area contributed by atoms with E-state index in [0.717, 1.165) is 18.2 Å². The first-order valence-corrected chi connectivity index (χ1v) is 4.26. The number of hydrogen-bond acceptors (Lipinski definition) is 4. The van der Waals surface area contributed by atoms with E-state index in [2.05, 4.69) is 4.74 Å². The van der Waals surface area contributed by atoms with Crippen LogP contribution in [-0.2, 0) is 9.53 Å². The molecule has 0 radical (unpaired) electrons. The van der Waals surface area contributed by atoms with Crippen LogP contribution in [0.25, 0.3) is 0 Å². The van der Waals surface area contributed by atoms with Gasteiger partial charge in [0, 0.05) is 0 Å². The zero-order valence-corrected chi connectivity index (χ0v) is 7.99. The molecule has 0 fully saturated rings. The van der Waals surface area contributed by atoms with Gasteiger partial charge in [0.25, 0.3) is 5.78 Å². The van der Waals surface area contributed by atoms with Crippen LogP contribution in [0.15, 0.2) is 18.2 Å². The van der Waals surface area contributed by atoms with Crippen molar-refractivity contribution in [2.45, 2.75) is 6.92 Å². The van der Waals surface area contributed by atoms with Crippen LogP contribution in [0, 0.1) is 5.82 Å². The Morgan fingerprint density at radius 2 is 2.13 bits per heavy atom. The molecule has 4 nitrogen and oxygen atoms in total. The summed E-state index contributed by atoms with van der Waals surface area (Å²) >= 11 is 0. The van der Waals surface area contributed by atoms with Gasteiger partial charge >= 0.3 is 5.97 Å². The van der Waals surface area contributed by atoms with Crippen LogP contribution in [0.4, 0.5) is 4.39 Å². The molecule has 1 N–H and O–H groups in total. The summed E-state index contributed by atoms with van der Waals surface area (Å²) < 4.78 is 17.5. The summed E-state index contributed by atoms with van der Waals surface area (Å²) in [5, 5.41) is 9.03. The number of rotatable bonds is 3. The minimum Gasteiger partial charge on any atom is -0.508 e. The van der Waals surface area contributed by atoms with Gasteiger partial charge in [-0.3, -0.25) is 4.79 Å². The predicted molar refractivity (Wildman–Crippen MR) is 49.0 cm³/mol. The van der Waals surface area contributed by atoms with E-state index in [1.54, 1.807) is 0 Å². The van der Waals surface area contributed by atoms with Gasteiger partial charge in [0.05, 0.1) is 12.2 Å². The largest absolute Gasteiger partial charge is 0.508 e. The van der Waals surface area contributed by atoms with Crippen LogP contribution >= 0.6 is 0 Å². The topological polar surface area (TPSA) is 63.6 Å². The third-order valence-electron chi connectivity index (χ3n) is 1.66. The molecule has 5 heteroatoms. The van der Waals surface area contributed by atoms with E-state index in [9.17, 15) is 14.0 Å². The number of halogens is 1. The number of carbonyl (C=O) groups excluding carboxylic acids is 2. The number of carbonyl (C=O) groups is 2. The molecule has 1 rings (SSSR count). The molecule has 0 aliphatic heterocycles. The van der Waals surface area contributed by atoms with Crippen LogP contribution in [0.3, 0.4) is 0 Å². The maximum atomic E-state index is 13.1. The number of benzene rings is 1. The van der Waals surface area contributed by atoms with E-state index in [-0.39, 0.29) is 12.4 Å². The first kappa shape index (κ1) is 11.2. The van der Waals surface area contributed by atoms with E-state index in [4.69, 9.17) is 5.11 Å². The first-order valence-electron chi connectivity index (χ1n) is 4.26. The third-order valence-corrected chi connectivity index (χ3v) is 1.66. The molecule has 0 unspecified atom stereocenters. The summed E-state index contributed by atoms with van der Waals surface area (Å²) in [5.74, 6) is -3.40. The van der Waals surface area contributed by atoms with Gasteiger partial charge in [0.1, 0.15) is 11.6 Å². The fourth-order valence-corrected chi connectivity index (χ4v) is 0.994. The van der Waals surface area contributed by atoms with Crippen LogP contribution < -0.4 is 0 Å². The molecule has 0 aliphatic rings. The third kappa shape index (κ3) is 2.52. The number of aromatic hydroxyl groups is 1. The number of phenols is 1. The Morgan fingerprint density at radius 1 is 1.47 bits per heavy atom. The van der Waals surface area contributed by atoms with Crippen LogP contribution in [0.5, 0.6) is 5.75 Å². The highest BCUT2D eigenvalue weighted by Crippen LogP contribution is 2.16. The van der Waals surface area contributed by atoms with Crippen LogP contribution in [0.1, 0.15) is 17.3 Å². The summed E-state index contributed by atoms with van der Waals surface area (Å²) in [4.78, 5) is 22.3. The van der Waals surface area contributed by atoms with E-state index in [0.29, 0.717) is 0 Å². The van der Waals surface area contributed by atoms with Crippen molar-refractivity contribution >= 4 is 11.8 Å². The van der Waals surface area contributed by atoms with Gasteiger partial charge in [0.2, 0.25) is 0 Å². The standard InChI is InChI=1S/C10H9FO4/c1-2-15-10(14)9(13)7-5-6(12)3-4-8(7)11/h3-5,12H,2H2,1H3. The fraction of sp³-hybridized carbons (Fsp3) is 0.200. The SMILES string of the molecule is CCOC(=O)C(=O)c1cc(O)ccc1F. The first-order chi connectivity index (χ1) is 7.06. The van der Waals surface area contributed by atoms with Crippen LogP contribution in [0.2, 0.25) is 0 Å². The Balaban J connectivity index is 3.00. The van der Waals surface area contributed by atoms with Gasteiger partial charge in [-0.15, -0.1) is 0 Å². The summed E-state index contributed by atoms with van der Waals surface area (Å²) in [7, 11) is 0. The fourth-order valence-electron chi connectivity index (χ4n) is 0.994. The maximum absolute atomic E-state index is 13.1. The molecule has 0 spiro atoms. The maximum Gasteiger partial charge on any atom is 0.379 e. The second kappa shape index (κ2) is 4.54. The number of ether oxygens (including phenoxy) is 1. The van der Waals surface area contributed by atoms with E-state index >= 15 is 0 Å². The molecular weight excluding hydrogens is 203 g/mol. The molecule has 0 aliphatic carbocycles. The highest BCUT2D eigenvalue weighted by atomic mass is 19.1. The highest BCUT2D eigenvalue weighted by Gasteiger charge is 2.21. The van der Waals surface area contributed by atoms with Gasteiger partial charge in [-0.1, -0.05) is 0 Å². The Bertz CT molecular complexity index is 400. The molecule has 0 heterocycles. The smallest absolute Gasteiger partial charge is 0.379 e. The minimum absolute atomic E-state index is 0.0327. The second-order valence-corrected chi connectivity index (χ2v) is 2.71. The van der Waals surface area contributed by atoms with Crippen LogP contribution in [-0.4, -0.2) is 23.5 Å². The molecule has 1 aromatic rings. The van der Waals surface area contributed by atoms with Crippen molar-refractivity contribution in [2.24, 2.45) is 0 Å². The molecule has 1 aromatic carbocycles. The average Bonchev–Trinajstić information content (AvgIpc) is 2.21. The lowest BCUT2D eigenvalue weighted by Gasteiger charge is -2.02. The lowest BCUT2D eigenvalue weighted by Crippen LogP contribution is -2.18. The number of Topliss-reactive ketones (excluding diaryl/α,β-unsaturated/α-hetero) is 1. The zero-order valence-electron chi connectivity index (χ0n) is 7.99. The van der Waals surface area contributed by atoms with Gasteiger partial charge in [-0.05, 0) is 25.1 Å². The van der Waals surface area contributed by atoms with Crippen molar-refractivity contribution in [3.05, 3.63) is 29.6 Å². The number of hydrogen-bond donors (Lipinski definition) is 1. The molecule has 15 heavy (non-hydrogen) atoms. The van der Waals surface area contributed by atoms with Gasteiger partial charge in [-0.25, -0.2) is 9.18 Å². The van der Waals surface area contributed by atoms with E-state index in [1.807, 2.05) is 0 Å². The van der Waals surface area contributed by atoms with Gasteiger partial charge < -0.3 is 9.84 Å². The Kier molecular flexibility index (Phi) is 3.38. The normalized spacial score (nSPS) is 9.73. The zero-order chi connectivity index (χ0) is 11.4. The summed E-state index contributed by atoms with van der Waals surface area (Å²) in [5.41, 5.74) is -0.492. The Labute approximate surface area is 85.3 Å². The van der Waals surface area contributed by atoms with Gasteiger partial charge in [-0.2, -0.15) is 0 Å². The van der Waals surface area contributed by atoms with Gasteiger partial charge in [0.15, 0.2) is 0 Å². The molecule has 0 amide bonds. The Morgan fingerprint density at radius 3 is 2.73 bits per heavy atom. The van der Waals surface area contributed by atoms with E-state index < -0.39 is 23.1 Å². The summed E-state index contributed by atoms with van der Waals surface area (Å²) in [6.45, 7) is 1.56. The van der Waals surface area contributed by atoms with Crippen molar-refractivity contribution in [3.8, 4) is 5.75 Å². The lowest BCUT2D eigenvalue weighted by atomic mass is 10.1. The Hall–Kier alpha value is -1.91. The predicted octanol–water partition coefficient (Wildman–Crippen LogP) is 1.28. The molecular formula is C10H9FO4. The van der Waals surface area contributed by atoms with Crippen molar-refractivity contribution in [3.63, 3.8) is 0 Å². The number of ketones is 1. The molecule has 0 atom stereocenters. The molecule has 0 bridgehead atoms. The van der Waals surface area contributed by atoms with E-state index in [1.165, 1.54) is 6.92 Å². The number of phenolic OH excluding ortho intramolecular Hbond substituents is 1. The molecule has 0 saturated heterocycles. The van der Waals surface area contributed by atoms with Crippen molar-refractivity contribution in [2.75, 3.05) is 6.61 Å². The highest BCUT2D eigenvalue weighted by molar-refractivity contribution is 6.40.